The number of pyridine rings is 2. The monoisotopic (exact) mass is 285 g/mol. The van der Waals surface area contributed by atoms with Crippen LogP contribution in [0.4, 0.5) is 5.82 Å². The number of rotatable bonds is 6. The van der Waals surface area contributed by atoms with Crippen LogP contribution in [0.25, 0.3) is 0 Å². The van der Waals surface area contributed by atoms with Crippen LogP contribution < -0.4 is 4.90 Å². The number of carbonyl (C=O) groups is 1. The van der Waals surface area contributed by atoms with Crippen LogP contribution in [0.15, 0.2) is 36.7 Å². The normalized spacial score (nSPS) is 10.4. The van der Waals surface area contributed by atoms with Gasteiger partial charge in [-0.3, -0.25) is 4.98 Å². The molecule has 0 radical (unpaired) electrons. The summed E-state index contributed by atoms with van der Waals surface area (Å²) in [5, 5.41) is 9.17. The van der Waals surface area contributed by atoms with Crippen molar-refractivity contribution in [1.82, 2.24) is 9.97 Å². The second-order valence-corrected chi connectivity index (χ2v) is 4.89. The first-order valence-electron chi connectivity index (χ1n) is 6.94. The Labute approximate surface area is 124 Å². The highest BCUT2D eigenvalue weighted by atomic mass is 16.4. The van der Waals surface area contributed by atoms with Gasteiger partial charge in [-0.1, -0.05) is 6.92 Å². The number of carboxylic acid groups (broad SMARTS) is 1. The van der Waals surface area contributed by atoms with Crippen molar-refractivity contribution in [3.05, 3.63) is 53.5 Å². The SMILES string of the molecule is CCc1cc(C(=O)O)cc(N(C)CCc2ccncc2)n1. The molecule has 0 atom stereocenters. The largest absolute Gasteiger partial charge is 0.478 e. The predicted molar refractivity (Wildman–Crippen MR) is 81.8 cm³/mol. The van der Waals surface area contributed by atoms with Crippen molar-refractivity contribution in [3.63, 3.8) is 0 Å². The molecule has 0 bridgehead atoms. The van der Waals surface area contributed by atoms with Gasteiger partial charge in [-0.2, -0.15) is 0 Å². The maximum Gasteiger partial charge on any atom is 0.335 e. The number of nitrogens with zero attached hydrogens (tertiary/aromatic N) is 3. The number of aromatic carboxylic acids is 1. The topological polar surface area (TPSA) is 66.3 Å². The maximum atomic E-state index is 11.2. The summed E-state index contributed by atoms with van der Waals surface area (Å²) in [4.78, 5) is 21.6. The zero-order valence-electron chi connectivity index (χ0n) is 12.3. The molecule has 0 amide bonds. The molecule has 0 unspecified atom stereocenters. The summed E-state index contributed by atoms with van der Waals surface area (Å²) in [6, 6.07) is 7.20. The van der Waals surface area contributed by atoms with Crippen LogP contribution in [0.1, 0.15) is 28.5 Å². The van der Waals surface area contributed by atoms with Crippen LogP contribution in [0.2, 0.25) is 0 Å². The Kier molecular flexibility index (Phi) is 4.87. The first kappa shape index (κ1) is 15.0. The summed E-state index contributed by atoms with van der Waals surface area (Å²) >= 11 is 0. The van der Waals surface area contributed by atoms with Gasteiger partial charge in [-0.25, -0.2) is 9.78 Å². The fourth-order valence-electron chi connectivity index (χ4n) is 2.03. The second-order valence-electron chi connectivity index (χ2n) is 4.89. The number of aryl methyl sites for hydroxylation is 1. The van der Waals surface area contributed by atoms with Crippen molar-refractivity contribution in [2.75, 3.05) is 18.5 Å². The van der Waals surface area contributed by atoms with Gasteiger partial charge in [0.15, 0.2) is 0 Å². The average Bonchev–Trinajstić information content (AvgIpc) is 2.53. The Morgan fingerprint density at radius 3 is 2.62 bits per heavy atom. The van der Waals surface area contributed by atoms with Crippen molar-refractivity contribution in [3.8, 4) is 0 Å². The number of carboxylic acids is 1. The zero-order chi connectivity index (χ0) is 15.2. The van der Waals surface area contributed by atoms with E-state index in [0.29, 0.717) is 12.2 Å². The van der Waals surface area contributed by atoms with E-state index in [4.69, 9.17) is 5.11 Å². The Morgan fingerprint density at radius 2 is 2.00 bits per heavy atom. The van der Waals surface area contributed by atoms with Gasteiger partial charge in [0.2, 0.25) is 0 Å². The lowest BCUT2D eigenvalue weighted by atomic mass is 10.1. The molecule has 2 aromatic rings. The third-order valence-corrected chi connectivity index (χ3v) is 3.35. The Hall–Kier alpha value is -2.43. The number of anilines is 1. The maximum absolute atomic E-state index is 11.2. The van der Waals surface area contributed by atoms with Gasteiger partial charge < -0.3 is 10.0 Å². The predicted octanol–water partition coefficient (Wildman–Crippen LogP) is 2.42. The van der Waals surface area contributed by atoms with E-state index in [2.05, 4.69) is 9.97 Å². The fraction of sp³-hybridized carbons (Fsp3) is 0.312. The van der Waals surface area contributed by atoms with Gasteiger partial charge in [-0.05, 0) is 42.7 Å². The lowest BCUT2D eigenvalue weighted by Gasteiger charge is -2.19. The number of hydrogen-bond acceptors (Lipinski definition) is 4. The molecule has 21 heavy (non-hydrogen) atoms. The quantitative estimate of drug-likeness (QED) is 0.883. The van der Waals surface area contributed by atoms with Crippen LogP contribution in [0.5, 0.6) is 0 Å². The summed E-state index contributed by atoms with van der Waals surface area (Å²) in [6.07, 6.45) is 5.12. The van der Waals surface area contributed by atoms with Gasteiger partial charge >= 0.3 is 5.97 Å². The molecule has 0 saturated heterocycles. The summed E-state index contributed by atoms with van der Waals surface area (Å²) in [5.41, 5.74) is 2.27. The fourth-order valence-corrected chi connectivity index (χ4v) is 2.03. The van der Waals surface area contributed by atoms with Gasteiger partial charge in [0.25, 0.3) is 0 Å². The third-order valence-electron chi connectivity index (χ3n) is 3.35. The van der Waals surface area contributed by atoms with Crippen molar-refractivity contribution in [1.29, 1.82) is 0 Å². The molecule has 110 valence electrons. The van der Waals surface area contributed by atoms with Crippen LogP contribution in [0.3, 0.4) is 0 Å². The highest BCUT2D eigenvalue weighted by Crippen LogP contribution is 2.15. The van der Waals surface area contributed by atoms with E-state index in [9.17, 15) is 4.79 Å². The highest BCUT2D eigenvalue weighted by molar-refractivity contribution is 5.88. The van der Waals surface area contributed by atoms with Crippen molar-refractivity contribution in [2.24, 2.45) is 0 Å². The smallest absolute Gasteiger partial charge is 0.335 e. The molecule has 5 nitrogen and oxygen atoms in total. The molecular formula is C16H19N3O2. The van der Waals surface area contributed by atoms with Gasteiger partial charge in [0.05, 0.1) is 5.56 Å². The van der Waals surface area contributed by atoms with Crippen LogP contribution in [0, 0.1) is 0 Å². The van der Waals surface area contributed by atoms with E-state index in [-0.39, 0.29) is 5.56 Å². The van der Waals surface area contributed by atoms with Crippen molar-refractivity contribution >= 4 is 11.8 Å². The van der Waals surface area contributed by atoms with E-state index in [1.165, 1.54) is 5.56 Å². The molecule has 0 spiro atoms. The molecule has 0 aliphatic rings. The van der Waals surface area contributed by atoms with Gasteiger partial charge in [-0.15, -0.1) is 0 Å². The lowest BCUT2D eigenvalue weighted by Crippen LogP contribution is -2.22. The number of hydrogen-bond donors (Lipinski definition) is 1. The Balaban J connectivity index is 2.12. The molecule has 0 aliphatic carbocycles. The minimum atomic E-state index is -0.920. The van der Waals surface area contributed by atoms with Crippen LogP contribution >= 0.6 is 0 Å². The first-order valence-corrected chi connectivity index (χ1v) is 6.94. The van der Waals surface area contributed by atoms with Crippen LogP contribution in [-0.2, 0) is 12.8 Å². The molecular weight excluding hydrogens is 266 g/mol. The molecule has 2 heterocycles. The molecule has 0 aromatic carbocycles. The van der Waals surface area contributed by atoms with E-state index in [1.54, 1.807) is 24.5 Å². The van der Waals surface area contributed by atoms with Crippen LogP contribution in [-0.4, -0.2) is 34.6 Å². The molecule has 5 heteroatoms. The third kappa shape index (κ3) is 4.02. The standard InChI is InChI=1S/C16H19N3O2/c1-3-14-10-13(16(20)21)11-15(18-14)19(2)9-6-12-4-7-17-8-5-12/h4-5,7-8,10-11H,3,6,9H2,1-2H3,(H,20,21). The second kappa shape index (κ2) is 6.83. The van der Waals surface area contributed by atoms with Crippen molar-refractivity contribution in [2.45, 2.75) is 19.8 Å². The number of aromatic nitrogens is 2. The van der Waals surface area contributed by atoms with E-state index >= 15 is 0 Å². The number of likely N-dealkylation sites (N-methyl/N-ethyl adjacent to an activating group) is 1. The summed E-state index contributed by atoms with van der Waals surface area (Å²) in [5.74, 6) is -0.225. The summed E-state index contributed by atoms with van der Waals surface area (Å²) in [7, 11) is 1.93. The summed E-state index contributed by atoms with van der Waals surface area (Å²) in [6.45, 7) is 2.73. The molecule has 1 N–H and O–H groups in total. The summed E-state index contributed by atoms with van der Waals surface area (Å²) < 4.78 is 0. The first-order chi connectivity index (χ1) is 10.1. The van der Waals surface area contributed by atoms with Gasteiger partial charge in [0, 0.05) is 31.7 Å². The average molecular weight is 285 g/mol. The minimum absolute atomic E-state index is 0.285. The highest BCUT2D eigenvalue weighted by Gasteiger charge is 2.10. The Morgan fingerprint density at radius 1 is 1.29 bits per heavy atom. The molecule has 2 rings (SSSR count). The zero-order valence-corrected chi connectivity index (χ0v) is 12.3. The van der Waals surface area contributed by atoms with E-state index < -0.39 is 5.97 Å². The van der Waals surface area contributed by atoms with Gasteiger partial charge in [0.1, 0.15) is 5.82 Å². The Bertz CT molecular complexity index is 614. The molecule has 0 saturated carbocycles. The van der Waals surface area contributed by atoms with E-state index in [1.807, 2.05) is 31.0 Å². The van der Waals surface area contributed by atoms with E-state index in [0.717, 1.165) is 18.7 Å². The molecule has 0 aliphatic heterocycles. The minimum Gasteiger partial charge on any atom is -0.478 e. The molecule has 0 fully saturated rings. The lowest BCUT2D eigenvalue weighted by molar-refractivity contribution is 0.0696. The van der Waals surface area contributed by atoms with Crippen molar-refractivity contribution < 1.29 is 9.90 Å². The molecule has 2 aromatic heterocycles.